The number of fused-ring (bicyclic) bond motifs is 6. The molecular formula is C38H21F3N2O2. The molecule has 0 aliphatic rings. The summed E-state index contributed by atoms with van der Waals surface area (Å²) in [7, 11) is 0. The average molecular weight is 595 g/mol. The maximum absolute atomic E-state index is 13.0. The van der Waals surface area contributed by atoms with E-state index in [4.69, 9.17) is 15.4 Å². The van der Waals surface area contributed by atoms with Crippen LogP contribution in [0.5, 0.6) is 0 Å². The standard InChI is InChI=1S/C38H21F3N2O2/c1-22-3-7-25(8-4-22)27(21-42)15-23-5-13-29-31-19-37-32(20-36(31)44-34(29)17-23)30-14-6-24(18-35(30)45-37)16-33(43-2)26-9-11-28(12-10-26)38(39,40)41/h3-20H,1H3/b27-15+,33-16-. The molecule has 0 saturated heterocycles. The molecule has 0 saturated carbocycles. The smallest absolute Gasteiger partial charge is 0.416 e. The molecule has 7 rings (SSSR count). The summed E-state index contributed by atoms with van der Waals surface area (Å²) in [4.78, 5) is 3.54. The van der Waals surface area contributed by atoms with E-state index in [1.807, 2.05) is 85.8 Å². The number of halogens is 3. The Balaban J connectivity index is 1.24. The third-order valence-corrected chi connectivity index (χ3v) is 7.84. The highest BCUT2D eigenvalue weighted by Gasteiger charge is 2.30. The van der Waals surface area contributed by atoms with Crippen LogP contribution in [0.15, 0.2) is 106 Å². The van der Waals surface area contributed by atoms with E-state index >= 15 is 0 Å². The number of nitriles is 1. The summed E-state index contributed by atoms with van der Waals surface area (Å²) >= 11 is 0. The van der Waals surface area contributed by atoms with Gasteiger partial charge in [0.2, 0.25) is 0 Å². The molecule has 0 aliphatic heterocycles. The van der Waals surface area contributed by atoms with Gasteiger partial charge in [0.15, 0.2) is 5.70 Å². The number of nitrogens with zero attached hydrogens (tertiary/aromatic N) is 2. The normalized spacial score (nSPS) is 12.7. The molecule has 0 N–H and O–H groups in total. The van der Waals surface area contributed by atoms with Crippen molar-refractivity contribution >= 4 is 67.3 Å². The first-order valence-electron chi connectivity index (χ1n) is 14.0. The van der Waals surface area contributed by atoms with E-state index in [9.17, 15) is 18.4 Å². The molecule has 7 heteroatoms. The van der Waals surface area contributed by atoms with Crippen LogP contribution in [0, 0.1) is 24.8 Å². The second kappa shape index (κ2) is 10.6. The van der Waals surface area contributed by atoms with Gasteiger partial charge in [-0.3, -0.25) is 0 Å². The van der Waals surface area contributed by atoms with Gasteiger partial charge in [-0.25, -0.2) is 4.85 Å². The zero-order valence-corrected chi connectivity index (χ0v) is 23.7. The van der Waals surface area contributed by atoms with E-state index in [1.165, 1.54) is 12.1 Å². The molecule has 0 atom stereocenters. The van der Waals surface area contributed by atoms with E-state index in [2.05, 4.69) is 10.9 Å². The lowest BCUT2D eigenvalue weighted by molar-refractivity contribution is -0.137. The van der Waals surface area contributed by atoms with Crippen molar-refractivity contribution in [2.75, 3.05) is 0 Å². The van der Waals surface area contributed by atoms with Gasteiger partial charge >= 0.3 is 6.18 Å². The summed E-state index contributed by atoms with van der Waals surface area (Å²) < 4.78 is 51.4. The third kappa shape index (κ3) is 5.11. The van der Waals surface area contributed by atoms with Gasteiger partial charge in [0.05, 0.1) is 23.8 Å². The van der Waals surface area contributed by atoms with Crippen LogP contribution in [0.3, 0.4) is 0 Å². The summed E-state index contributed by atoms with van der Waals surface area (Å²) in [6, 6.07) is 30.0. The Morgan fingerprint density at radius 3 is 1.71 bits per heavy atom. The van der Waals surface area contributed by atoms with E-state index in [0.29, 0.717) is 39.0 Å². The monoisotopic (exact) mass is 594 g/mol. The molecule has 0 fully saturated rings. The lowest BCUT2D eigenvalue weighted by Gasteiger charge is -2.07. The van der Waals surface area contributed by atoms with E-state index in [0.717, 1.165) is 50.4 Å². The Morgan fingerprint density at radius 2 is 1.20 bits per heavy atom. The van der Waals surface area contributed by atoms with Crippen molar-refractivity contribution in [2.24, 2.45) is 0 Å². The van der Waals surface area contributed by atoms with Crippen molar-refractivity contribution in [3.63, 3.8) is 0 Å². The van der Waals surface area contributed by atoms with Gasteiger partial charge in [0.1, 0.15) is 22.3 Å². The van der Waals surface area contributed by atoms with Gasteiger partial charge in [0, 0.05) is 21.5 Å². The Labute approximate surface area is 255 Å². The molecule has 0 bridgehead atoms. The van der Waals surface area contributed by atoms with Crippen LogP contribution >= 0.6 is 0 Å². The Bertz CT molecular complexity index is 2430. The fourth-order valence-corrected chi connectivity index (χ4v) is 5.51. The van der Waals surface area contributed by atoms with Gasteiger partial charge < -0.3 is 8.83 Å². The molecule has 2 heterocycles. The lowest BCUT2D eigenvalue weighted by atomic mass is 10.0. The fraction of sp³-hybridized carbons (Fsp3) is 0.0526. The summed E-state index contributed by atoms with van der Waals surface area (Å²) in [5, 5.41) is 13.3. The van der Waals surface area contributed by atoms with Crippen molar-refractivity contribution in [3.8, 4) is 6.07 Å². The van der Waals surface area contributed by atoms with Crippen LogP contribution in [0.4, 0.5) is 13.2 Å². The minimum absolute atomic E-state index is 0.220. The summed E-state index contributed by atoms with van der Waals surface area (Å²) in [6.45, 7) is 9.60. The number of alkyl halides is 3. The molecule has 0 spiro atoms. The Morgan fingerprint density at radius 1 is 0.689 bits per heavy atom. The van der Waals surface area contributed by atoms with Gasteiger partial charge in [-0.15, -0.1) is 0 Å². The Hall–Kier alpha value is -6.05. The van der Waals surface area contributed by atoms with Gasteiger partial charge in [0.25, 0.3) is 0 Å². The number of allylic oxidation sites excluding steroid dienone is 1. The highest BCUT2D eigenvalue weighted by molar-refractivity contribution is 6.15. The number of furan rings is 2. The summed E-state index contributed by atoms with van der Waals surface area (Å²) in [5.74, 6) is 0. The first kappa shape index (κ1) is 27.8. The highest BCUT2D eigenvalue weighted by Crippen LogP contribution is 2.38. The van der Waals surface area contributed by atoms with Crippen LogP contribution in [0.2, 0.25) is 0 Å². The first-order chi connectivity index (χ1) is 21.7. The van der Waals surface area contributed by atoms with Gasteiger partial charge in [-0.1, -0.05) is 66.2 Å². The minimum Gasteiger partial charge on any atom is -0.456 e. The molecule has 0 amide bonds. The molecule has 0 unspecified atom stereocenters. The van der Waals surface area contributed by atoms with Crippen LogP contribution in [-0.2, 0) is 6.18 Å². The SMILES string of the molecule is [C-]#[N+]/C(=C\c1ccc2c(c1)oc1cc3c(cc12)oc1cc(/C=C(\C#N)c2ccc(C)cc2)ccc13)c1ccc(C(F)(F)F)cc1. The van der Waals surface area contributed by atoms with Crippen LogP contribution in [0.1, 0.15) is 33.4 Å². The molecule has 0 aliphatic carbocycles. The minimum atomic E-state index is -4.44. The quantitative estimate of drug-likeness (QED) is 0.116. The van der Waals surface area contributed by atoms with Crippen molar-refractivity contribution in [2.45, 2.75) is 13.1 Å². The summed E-state index contributed by atoms with van der Waals surface area (Å²) in [6.07, 6.45) is -0.964. The second-order valence-corrected chi connectivity index (χ2v) is 10.8. The molecule has 4 nitrogen and oxygen atoms in total. The van der Waals surface area contributed by atoms with Crippen LogP contribution in [0.25, 0.3) is 72.1 Å². The Kier molecular flexibility index (Phi) is 6.53. The fourth-order valence-electron chi connectivity index (χ4n) is 5.51. The topological polar surface area (TPSA) is 54.4 Å². The van der Waals surface area contributed by atoms with E-state index in [-0.39, 0.29) is 5.70 Å². The molecule has 0 radical (unpaired) electrons. The maximum Gasteiger partial charge on any atom is 0.416 e. The third-order valence-electron chi connectivity index (χ3n) is 7.84. The predicted molar refractivity (Wildman–Crippen MR) is 172 cm³/mol. The number of hydrogen-bond acceptors (Lipinski definition) is 3. The van der Waals surface area contributed by atoms with Crippen molar-refractivity contribution in [3.05, 3.63) is 142 Å². The number of rotatable bonds is 4. The number of aryl methyl sites for hydroxylation is 1. The van der Waals surface area contributed by atoms with E-state index in [1.54, 1.807) is 6.08 Å². The van der Waals surface area contributed by atoms with Crippen molar-refractivity contribution in [1.29, 1.82) is 5.26 Å². The zero-order valence-electron chi connectivity index (χ0n) is 23.7. The van der Waals surface area contributed by atoms with Crippen LogP contribution in [-0.4, -0.2) is 0 Å². The van der Waals surface area contributed by atoms with Crippen LogP contribution < -0.4 is 0 Å². The molecular weight excluding hydrogens is 573 g/mol. The molecule has 7 aromatic rings. The number of hydrogen-bond donors (Lipinski definition) is 0. The molecule has 216 valence electrons. The second-order valence-electron chi connectivity index (χ2n) is 10.8. The predicted octanol–water partition coefficient (Wildman–Crippen LogP) is 11.3. The lowest BCUT2D eigenvalue weighted by Crippen LogP contribution is -2.04. The number of benzene rings is 5. The molecule has 45 heavy (non-hydrogen) atoms. The van der Waals surface area contributed by atoms with Gasteiger partial charge in [-0.05, 0) is 77.7 Å². The summed E-state index contributed by atoms with van der Waals surface area (Å²) in [5.41, 5.74) is 6.60. The largest absolute Gasteiger partial charge is 0.456 e. The highest BCUT2D eigenvalue weighted by atomic mass is 19.4. The van der Waals surface area contributed by atoms with Gasteiger partial charge in [-0.2, -0.15) is 18.4 Å². The first-order valence-corrected chi connectivity index (χ1v) is 14.0. The average Bonchev–Trinajstić information content (AvgIpc) is 3.57. The maximum atomic E-state index is 13.0. The molecule has 5 aromatic carbocycles. The van der Waals surface area contributed by atoms with Crippen molar-refractivity contribution in [1.82, 2.24) is 0 Å². The van der Waals surface area contributed by atoms with Crippen molar-refractivity contribution < 1.29 is 22.0 Å². The zero-order chi connectivity index (χ0) is 31.3. The van der Waals surface area contributed by atoms with E-state index < -0.39 is 11.7 Å². The molecule has 2 aromatic heterocycles.